The molecule has 1 aliphatic rings. The molecule has 0 atom stereocenters. The Bertz CT molecular complexity index is 1130. The number of thioether (sulfide) groups is 1. The summed E-state index contributed by atoms with van der Waals surface area (Å²) in [6.45, 7) is 1.00. The number of nitrogens with zero attached hydrogens (tertiary/aromatic N) is 1. The second-order valence-electron chi connectivity index (χ2n) is 6.83. The average Bonchev–Trinajstić information content (AvgIpc) is 3.07. The lowest BCUT2D eigenvalue weighted by molar-refractivity contribution is -0.146. The van der Waals surface area contributed by atoms with Gasteiger partial charge in [-0.15, -0.1) is 0 Å². The van der Waals surface area contributed by atoms with Crippen LogP contribution in [0.4, 0.5) is 14.9 Å². The van der Waals surface area contributed by atoms with Gasteiger partial charge in [-0.2, -0.15) is 0 Å². The third-order valence-corrected chi connectivity index (χ3v) is 5.35. The number of esters is 1. The van der Waals surface area contributed by atoms with E-state index in [1.165, 1.54) is 37.5 Å². The predicted octanol–water partition coefficient (Wildman–Crippen LogP) is 3.45. The van der Waals surface area contributed by atoms with Crippen LogP contribution in [0.15, 0.2) is 47.4 Å². The van der Waals surface area contributed by atoms with E-state index in [-0.39, 0.29) is 23.9 Å². The molecular formula is C23H21FN2O7S. The van der Waals surface area contributed by atoms with Gasteiger partial charge in [0.05, 0.1) is 18.6 Å². The zero-order chi connectivity index (χ0) is 24.7. The van der Waals surface area contributed by atoms with Crippen LogP contribution in [0.2, 0.25) is 0 Å². The number of carbonyl (C=O) groups excluding carboxylic acids is 4. The predicted molar refractivity (Wildman–Crippen MR) is 123 cm³/mol. The molecule has 1 saturated heterocycles. The van der Waals surface area contributed by atoms with Gasteiger partial charge < -0.3 is 19.5 Å². The first-order valence-electron chi connectivity index (χ1n) is 10.1. The van der Waals surface area contributed by atoms with Crippen molar-refractivity contribution in [3.63, 3.8) is 0 Å². The number of hydrogen-bond donors (Lipinski definition) is 1. The van der Waals surface area contributed by atoms with Gasteiger partial charge in [0.15, 0.2) is 18.1 Å². The SMILES string of the molecule is CCOC(=O)CN1C(=O)SC(=Cc2ccc(OCC(=O)Nc3ccc(F)cc3)c(OC)c2)C1=O. The highest BCUT2D eigenvalue weighted by Crippen LogP contribution is 2.34. The van der Waals surface area contributed by atoms with E-state index in [0.29, 0.717) is 28.8 Å². The molecule has 0 aromatic heterocycles. The minimum absolute atomic E-state index is 0.142. The molecule has 0 saturated carbocycles. The number of nitrogens with one attached hydrogen (secondary N) is 1. The number of halogens is 1. The van der Waals surface area contributed by atoms with Crippen LogP contribution < -0.4 is 14.8 Å². The monoisotopic (exact) mass is 488 g/mol. The van der Waals surface area contributed by atoms with Crippen LogP contribution in [-0.2, 0) is 19.1 Å². The molecule has 9 nitrogen and oxygen atoms in total. The van der Waals surface area contributed by atoms with Gasteiger partial charge in [0.1, 0.15) is 12.4 Å². The third-order valence-electron chi connectivity index (χ3n) is 4.44. The molecule has 178 valence electrons. The van der Waals surface area contributed by atoms with E-state index in [0.717, 1.165) is 4.90 Å². The number of imide groups is 1. The van der Waals surface area contributed by atoms with Crippen molar-refractivity contribution in [1.29, 1.82) is 0 Å². The zero-order valence-corrected chi connectivity index (χ0v) is 19.1. The fourth-order valence-electron chi connectivity index (χ4n) is 2.89. The van der Waals surface area contributed by atoms with Crippen LogP contribution in [-0.4, -0.2) is 54.8 Å². The quantitative estimate of drug-likeness (QED) is 0.422. The number of ether oxygens (including phenoxy) is 3. The summed E-state index contributed by atoms with van der Waals surface area (Å²) < 4.78 is 28.6. The second-order valence-corrected chi connectivity index (χ2v) is 7.82. The number of benzene rings is 2. The molecule has 1 aliphatic heterocycles. The van der Waals surface area contributed by atoms with Crippen LogP contribution in [0.25, 0.3) is 6.08 Å². The molecule has 11 heteroatoms. The molecule has 2 aromatic carbocycles. The summed E-state index contributed by atoms with van der Waals surface area (Å²) in [7, 11) is 1.41. The molecule has 0 aliphatic carbocycles. The number of hydrogen-bond acceptors (Lipinski definition) is 8. The normalized spacial score (nSPS) is 14.3. The average molecular weight is 488 g/mol. The Kier molecular flexibility index (Phi) is 8.25. The molecule has 0 radical (unpaired) electrons. The molecule has 0 bridgehead atoms. The van der Waals surface area contributed by atoms with E-state index >= 15 is 0 Å². The molecule has 0 spiro atoms. The van der Waals surface area contributed by atoms with Crippen LogP contribution in [0.1, 0.15) is 12.5 Å². The zero-order valence-electron chi connectivity index (χ0n) is 18.3. The smallest absolute Gasteiger partial charge is 0.326 e. The lowest BCUT2D eigenvalue weighted by Crippen LogP contribution is -2.34. The number of amides is 3. The summed E-state index contributed by atoms with van der Waals surface area (Å²) in [6, 6.07) is 10.1. The summed E-state index contributed by atoms with van der Waals surface area (Å²) >= 11 is 0.713. The van der Waals surface area contributed by atoms with Crippen molar-refractivity contribution in [2.24, 2.45) is 0 Å². The second kappa shape index (κ2) is 11.3. The fourth-order valence-corrected chi connectivity index (χ4v) is 3.73. The maximum absolute atomic E-state index is 13.0. The third kappa shape index (κ3) is 6.35. The highest BCUT2D eigenvalue weighted by molar-refractivity contribution is 8.18. The summed E-state index contributed by atoms with van der Waals surface area (Å²) in [6.07, 6.45) is 1.49. The van der Waals surface area contributed by atoms with Crippen molar-refractivity contribution >= 4 is 46.5 Å². The Morgan fingerprint density at radius 2 is 1.85 bits per heavy atom. The van der Waals surface area contributed by atoms with Crippen molar-refractivity contribution in [2.45, 2.75) is 6.92 Å². The van der Waals surface area contributed by atoms with Crippen molar-refractivity contribution in [1.82, 2.24) is 4.90 Å². The Morgan fingerprint density at radius 3 is 2.53 bits per heavy atom. The number of carbonyl (C=O) groups is 4. The molecule has 1 fully saturated rings. The highest BCUT2D eigenvalue weighted by atomic mass is 32.2. The Labute approximate surface area is 198 Å². The summed E-state index contributed by atoms with van der Waals surface area (Å²) in [5.41, 5.74) is 0.968. The summed E-state index contributed by atoms with van der Waals surface area (Å²) in [5, 5.41) is 2.01. The van der Waals surface area contributed by atoms with E-state index in [2.05, 4.69) is 5.32 Å². The van der Waals surface area contributed by atoms with Gasteiger partial charge in [0, 0.05) is 5.69 Å². The number of anilines is 1. The molecular weight excluding hydrogens is 467 g/mol. The minimum Gasteiger partial charge on any atom is -0.493 e. The maximum atomic E-state index is 13.0. The molecule has 2 aromatic rings. The van der Waals surface area contributed by atoms with Crippen molar-refractivity contribution < 1.29 is 37.8 Å². The fraction of sp³-hybridized carbons (Fsp3) is 0.217. The van der Waals surface area contributed by atoms with Gasteiger partial charge >= 0.3 is 5.97 Å². The number of methoxy groups -OCH3 is 1. The Balaban J connectivity index is 1.65. The van der Waals surface area contributed by atoms with E-state index in [9.17, 15) is 23.6 Å². The van der Waals surface area contributed by atoms with Crippen LogP contribution in [0, 0.1) is 5.82 Å². The van der Waals surface area contributed by atoms with E-state index in [4.69, 9.17) is 14.2 Å². The van der Waals surface area contributed by atoms with E-state index < -0.39 is 35.4 Å². The molecule has 3 amide bonds. The minimum atomic E-state index is -0.669. The molecule has 1 heterocycles. The first-order valence-corrected chi connectivity index (χ1v) is 10.9. The maximum Gasteiger partial charge on any atom is 0.326 e. The summed E-state index contributed by atoms with van der Waals surface area (Å²) in [4.78, 5) is 49.3. The summed E-state index contributed by atoms with van der Waals surface area (Å²) in [5.74, 6) is -1.55. The largest absolute Gasteiger partial charge is 0.493 e. The van der Waals surface area contributed by atoms with Crippen LogP contribution in [0.5, 0.6) is 11.5 Å². The van der Waals surface area contributed by atoms with Gasteiger partial charge in [-0.05, 0) is 66.7 Å². The van der Waals surface area contributed by atoms with Gasteiger partial charge in [-0.25, -0.2) is 4.39 Å². The van der Waals surface area contributed by atoms with Gasteiger partial charge in [-0.1, -0.05) is 6.07 Å². The van der Waals surface area contributed by atoms with Crippen molar-refractivity contribution in [2.75, 3.05) is 32.2 Å². The molecule has 34 heavy (non-hydrogen) atoms. The van der Waals surface area contributed by atoms with Gasteiger partial charge in [0.25, 0.3) is 17.1 Å². The standard InChI is InChI=1S/C23H21FN2O7S/c1-3-32-21(28)12-26-22(29)19(34-23(26)30)11-14-4-9-17(18(10-14)31-2)33-13-20(27)25-16-7-5-15(24)6-8-16/h4-11H,3,12-13H2,1-2H3,(H,25,27). The topological polar surface area (TPSA) is 111 Å². The van der Waals surface area contributed by atoms with Crippen molar-refractivity contribution in [3.8, 4) is 11.5 Å². The van der Waals surface area contributed by atoms with Gasteiger partial charge in [0.2, 0.25) is 0 Å². The lowest BCUT2D eigenvalue weighted by Gasteiger charge is -2.12. The first-order chi connectivity index (χ1) is 16.3. The Hall–Kier alpha value is -3.86. The van der Waals surface area contributed by atoms with Crippen LogP contribution in [0.3, 0.4) is 0 Å². The van der Waals surface area contributed by atoms with Gasteiger partial charge in [-0.3, -0.25) is 24.1 Å². The van der Waals surface area contributed by atoms with Crippen molar-refractivity contribution in [3.05, 3.63) is 58.8 Å². The molecule has 1 N–H and O–H groups in total. The first kappa shape index (κ1) is 24.8. The lowest BCUT2D eigenvalue weighted by atomic mass is 10.2. The highest BCUT2D eigenvalue weighted by Gasteiger charge is 2.36. The van der Waals surface area contributed by atoms with Crippen LogP contribution >= 0.6 is 11.8 Å². The Morgan fingerprint density at radius 1 is 1.12 bits per heavy atom. The number of rotatable bonds is 9. The van der Waals surface area contributed by atoms with E-state index in [1.54, 1.807) is 25.1 Å². The molecule has 3 rings (SSSR count). The van der Waals surface area contributed by atoms with E-state index in [1.807, 2.05) is 0 Å². The molecule has 0 unspecified atom stereocenters.